The van der Waals surface area contributed by atoms with Crippen LogP contribution in [0.5, 0.6) is 5.75 Å². The second-order valence-electron chi connectivity index (χ2n) is 8.28. The Morgan fingerprint density at radius 2 is 1.79 bits per heavy atom. The van der Waals surface area contributed by atoms with Crippen molar-refractivity contribution < 1.29 is 23.8 Å². The van der Waals surface area contributed by atoms with Gasteiger partial charge in [0.25, 0.3) is 0 Å². The minimum absolute atomic E-state index is 0.0587. The lowest BCUT2D eigenvalue weighted by atomic mass is 9.77. The van der Waals surface area contributed by atoms with Crippen molar-refractivity contribution in [2.75, 3.05) is 17.7 Å². The third-order valence-electron chi connectivity index (χ3n) is 5.97. The zero-order valence-electron chi connectivity index (χ0n) is 18.6. The number of nitrogens with one attached hydrogen (secondary N) is 2. The number of hydrogen-bond acceptors (Lipinski definition) is 7. The largest absolute Gasteiger partial charge is 0.495 e. The fraction of sp³-hybridized carbons (Fsp3) is 0.333. The number of carbonyl (C=O) groups is 2. The molecule has 0 spiro atoms. The van der Waals surface area contributed by atoms with E-state index in [0.717, 1.165) is 25.7 Å². The summed E-state index contributed by atoms with van der Waals surface area (Å²) in [5.74, 6) is -0.257. The third-order valence-corrected chi connectivity index (χ3v) is 6.28. The summed E-state index contributed by atoms with van der Waals surface area (Å²) < 4.78 is 10.6. The molecule has 1 aromatic heterocycles. The van der Waals surface area contributed by atoms with Gasteiger partial charge < -0.3 is 24.9 Å². The summed E-state index contributed by atoms with van der Waals surface area (Å²) >= 11 is 6.02. The zero-order chi connectivity index (χ0) is 24.1. The predicted molar refractivity (Wildman–Crippen MR) is 127 cm³/mol. The van der Waals surface area contributed by atoms with Crippen LogP contribution in [0.25, 0.3) is 0 Å². The Morgan fingerprint density at radius 3 is 2.47 bits per heavy atom. The minimum atomic E-state index is -0.724. The first-order valence-electron chi connectivity index (χ1n) is 11.0. The minimum Gasteiger partial charge on any atom is -0.495 e. The number of carboxylic acid groups (broad SMARTS) is 1. The van der Waals surface area contributed by atoms with Gasteiger partial charge in [0, 0.05) is 23.9 Å². The summed E-state index contributed by atoms with van der Waals surface area (Å²) in [5.41, 5.74) is 2.42. The van der Waals surface area contributed by atoms with Gasteiger partial charge in [0.1, 0.15) is 5.75 Å². The Labute approximate surface area is 201 Å². The summed E-state index contributed by atoms with van der Waals surface area (Å²) in [4.78, 5) is 23.4. The maximum Gasteiger partial charge on any atom is 0.320 e. The molecule has 0 aliphatic heterocycles. The number of aliphatic carboxylic acids is 1. The van der Waals surface area contributed by atoms with Crippen molar-refractivity contribution in [2.24, 2.45) is 5.92 Å². The molecule has 0 bridgehead atoms. The molecule has 34 heavy (non-hydrogen) atoms. The van der Waals surface area contributed by atoms with E-state index in [0.29, 0.717) is 28.1 Å². The number of anilines is 3. The normalized spacial score (nSPS) is 17.7. The molecule has 1 aliphatic carbocycles. The molecule has 0 unspecified atom stereocenters. The van der Waals surface area contributed by atoms with Gasteiger partial charge in [-0.2, -0.15) is 0 Å². The average molecular weight is 485 g/mol. The quantitative estimate of drug-likeness (QED) is 0.383. The molecule has 0 radical (unpaired) electrons. The van der Waals surface area contributed by atoms with Crippen molar-refractivity contribution in [3.05, 3.63) is 58.9 Å². The molecule has 3 N–H and O–H groups in total. The van der Waals surface area contributed by atoms with Gasteiger partial charge in [-0.15, -0.1) is 5.10 Å². The Hall–Kier alpha value is -3.59. The molecule has 2 aromatic carbocycles. The molecule has 3 aromatic rings. The third kappa shape index (κ3) is 5.85. The van der Waals surface area contributed by atoms with Gasteiger partial charge in [-0.1, -0.05) is 28.8 Å². The molecule has 1 aliphatic rings. The molecule has 1 fully saturated rings. The van der Waals surface area contributed by atoms with E-state index in [1.165, 1.54) is 12.7 Å². The first kappa shape index (κ1) is 23.6. The highest BCUT2D eigenvalue weighted by Crippen LogP contribution is 2.37. The smallest absolute Gasteiger partial charge is 0.320 e. The number of ether oxygens (including phenoxy) is 1. The van der Waals surface area contributed by atoms with Crippen LogP contribution in [0.4, 0.5) is 17.4 Å². The fourth-order valence-electron chi connectivity index (χ4n) is 4.20. The van der Waals surface area contributed by atoms with Gasteiger partial charge in [-0.25, -0.2) is 0 Å². The lowest BCUT2D eigenvalue weighted by molar-refractivity contribution is -0.138. The summed E-state index contributed by atoms with van der Waals surface area (Å²) in [6.45, 7) is 0. The van der Waals surface area contributed by atoms with E-state index in [2.05, 4.69) is 20.8 Å². The van der Waals surface area contributed by atoms with Crippen molar-refractivity contribution >= 4 is 40.9 Å². The molecular weight excluding hydrogens is 460 g/mol. The van der Waals surface area contributed by atoms with E-state index in [-0.39, 0.29) is 24.2 Å². The van der Waals surface area contributed by atoms with Gasteiger partial charge in [0.05, 0.1) is 12.1 Å². The van der Waals surface area contributed by atoms with Crippen LogP contribution in [0.3, 0.4) is 0 Å². The maximum atomic E-state index is 12.5. The van der Waals surface area contributed by atoms with Crippen LogP contribution in [0.1, 0.15) is 54.3 Å². The number of amides is 1. The van der Waals surface area contributed by atoms with Gasteiger partial charge in [0.15, 0.2) is 0 Å². The van der Waals surface area contributed by atoms with Crippen LogP contribution in [0, 0.1) is 5.92 Å². The second kappa shape index (κ2) is 10.6. The number of nitrogens with zero attached hydrogens (tertiary/aromatic N) is 2. The van der Waals surface area contributed by atoms with Crippen LogP contribution in [0.2, 0.25) is 5.02 Å². The number of rotatable bonds is 8. The van der Waals surface area contributed by atoms with Crippen LogP contribution in [-0.4, -0.2) is 34.3 Å². The average Bonchev–Trinajstić information content (AvgIpc) is 3.30. The number of methoxy groups -OCH3 is 1. The molecule has 178 valence electrons. The molecule has 10 heteroatoms. The van der Waals surface area contributed by atoms with E-state index in [9.17, 15) is 9.59 Å². The van der Waals surface area contributed by atoms with Crippen molar-refractivity contribution in [3.8, 4) is 5.75 Å². The first-order chi connectivity index (χ1) is 16.4. The summed E-state index contributed by atoms with van der Waals surface area (Å²) in [6, 6.07) is 12.8. The Kier molecular flexibility index (Phi) is 7.32. The summed E-state index contributed by atoms with van der Waals surface area (Å²) in [6.07, 6.45) is 4.04. The molecule has 4 rings (SSSR count). The van der Waals surface area contributed by atoms with E-state index >= 15 is 0 Å². The molecule has 1 amide bonds. The van der Waals surface area contributed by atoms with Crippen molar-refractivity contribution in [1.82, 2.24) is 10.2 Å². The second-order valence-corrected chi connectivity index (χ2v) is 8.69. The SMILES string of the molecule is COc1cc(Nc2nnc(C(=O)Nc3ccc([C@H]4CC[C@H](CC(=O)O)CC4)cc3)o2)ccc1Cl. The van der Waals surface area contributed by atoms with Gasteiger partial charge in [-0.05, 0) is 67.3 Å². The number of benzene rings is 2. The highest BCUT2D eigenvalue weighted by atomic mass is 35.5. The molecule has 0 atom stereocenters. The topological polar surface area (TPSA) is 127 Å². The highest BCUT2D eigenvalue weighted by Gasteiger charge is 2.24. The van der Waals surface area contributed by atoms with Crippen molar-refractivity contribution in [1.29, 1.82) is 0 Å². The summed E-state index contributed by atoms with van der Waals surface area (Å²) in [5, 5.41) is 22.7. The standard InChI is InChI=1S/C24H25ClN4O5/c1-33-20-13-18(10-11-19(20)25)27-24-29-28-23(34-24)22(32)26-17-8-6-16(7-9-17)15-4-2-14(3-5-15)12-21(30)31/h6-11,13-15H,2-5,12H2,1H3,(H,26,32)(H,27,29)(H,30,31)/t14-,15-. The number of carbonyl (C=O) groups excluding carboxylic acids is 1. The Bertz CT molecular complexity index is 1160. The van der Waals surface area contributed by atoms with Gasteiger partial charge in [0.2, 0.25) is 0 Å². The Morgan fingerprint density at radius 1 is 1.09 bits per heavy atom. The molecule has 0 saturated heterocycles. The number of hydrogen-bond donors (Lipinski definition) is 3. The zero-order valence-corrected chi connectivity index (χ0v) is 19.3. The molecule has 1 heterocycles. The van der Waals surface area contributed by atoms with Crippen LogP contribution < -0.4 is 15.4 Å². The van der Waals surface area contributed by atoms with Gasteiger partial charge in [-0.3, -0.25) is 9.59 Å². The monoisotopic (exact) mass is 484 g/mol. The lowest BCUT2D eigenvalue weighted by Gasteiger charge is -2.28. The highest BCUT2D eigenvalue weighted by molar-refractivity contribution is 6.32. The van der Waals surface area contributed by atoms with Crippen LogP contribution >= 0.6 is 11.6 Å². The van der Waals surface area contributed by atoms with Crippen molar-refractivity contribution in [3.63, 3.8) is 0 Å². The van der Waals surface area contributed by atoms with E-state index in [4.69, 9.17) is 25.9 Å². The maximum absolute atomic E-state index is 12.5. The first-order valence-corrected chi connectivity index (χ1v) is 11.4. The van der Waals surface area contributed by atoms with Crippen LogP contribution in [0.15, 0.2) is 46.9 Å². The van der Waals surface area contributed by atoms with Gasteiger partial charge >= 0.3 is 23.8 Å². The van der Waals surface area contributed by atoms with Crippen molar-refractivity contribution in [2.45, 2.75) is 38.0 Å². The van der Waals surface area contributed by atoms with Crippen LogP contribution in [-0.2, 0) is 4.79 Å². The van der Waals surface area contributed by atoms with E-state index < -0.39 is 11.9 Å². The van der Waals surface area contributed by atoms with E-state index in [1.807, 2.05) is 24.3 Å². The fourth-order valence-corrected chi connectivity index (χ4v) is 4.39. The molecule has 1 saturated carbocycles. The van der Waals surface area contributed by atoms with E-state index in [1.54, 1.807) is 18.2 Å². The number of carboxylic acids is 1. The molecular formula is C24H25ClN4O5. The summed E-state index contributed by atoms with van der Waals surface area (Å²) in [7, 11) is 1.51. The molecule has 9 nitrogen and oxygen atoms in total. The predicted octanol–water partition coefficient (Wildman–Crippen LogP) is 5.48. The number of halogens is 1. The lowest BCUT2D eigenvalue weighted by Crippen LogP contribution is -2.16. The number of aromatic nitrogens is 2. The Balaban J connectivity index is 1.32.